The molecule has 0 spiro atoms. The molecule has 1 saturated carbocycles. The van der Waals surface area contributed by atoms with Crippen molar-refractivity contribution in [3.05, 3.63) is 35.5 Å². The largest absolute Gasteiger partial charge is 0.434 e. The van der Waals surface area contributed by atoms with E-state index < -0.39 is 24.3 Å². The molecule has 0 amide bonds. The fourth-order valence-electron chi connectivity index (χ4n) is 2.12. The Kier molecular flexibility index (Phi) is 3.59. The van der Waals surface area contributed by atoms with Crippen molar-refractivity contribution >= 4 is 0 Å². The van der Waals surface area contributed by atoms with Gasteiger partial charge in [-0.1, -0.05) is 0 Å². The second-order valence-electron chi connectivity index (χ2n) is 5.01. The van der Waals surface area contributed by atoms with E-state index in [2.05, 4.69) is 14.9 Å². The summed E-state index contributed by atoms with van der Waals surface area (Å²) in [5.41, 5.74) is -1.26. The van der Waals surface area contributed by atoms with Crippen molar-refractivity contribution in [2.45, 2.75) is 31.7 Å². The lowest BCUT2D eigenvalue weighted by Crippen LogP contribution is -2.05. The molecule has 0 unspecified atom stereocenters. The predicted octanol–water partition coefficient (Wildman–Crippen LogP) is 3.84. The van der Waals surface area contributed by atoms with Crippen LogP contribution in [0.15, 0.2) is 18.5 Å². The molecule has 0 aliphatic heterocycles. The smallest absolute Gasteiger partial charge is 0.326 e. The molecule has 1 fully saturated rings. The first-order chi connectivity index (χ1) is 10.4. The number of hydrogen-bond acceptors (Lipinski definition) is 3. The summed E-state index contributed by atoms with van der Waals surface area (Å²) in [4.78, 5) is 10.6. The lowest BCUT2D eigenvalue weighted by atomic mass is 10.2. The topological polar surface area (TPSA) is 39.9 Å². The summed E-state index contributed by atoms with van der Waals surface area (Å²) >= 11 is 0. The summed E-state index contributed by atoms with van der Waals surface area (Å²) < 4.78 is 65.5. The molecule has 9 heteroatoms. The molecule has 1 aliphatic carbocycles. The Morgan fingerprint density at radius 3 is 2.59 bits per heavy atom. The molecule has 2 aromatic rings. The summed E-state index contributed by atoms with van der Waals surface area (Å²) in [6.07, 6.45) is -1.21. The van der Waals surface area contributed by atoms with Crippen LogP contribution in [0, 0.1) is 5.82 Å². The van der Waals surface area contributed by atoms with Crippen LogP contribution in [0.3, 0.4) is 0 Å². The van der Waals surface area contributed by atoms with Crippen molar-refractivity contribution in [3.63, 3.8) is 0 Å². The van der Waals surface area contributed by atoms with Gasteiger partial charge < -0.3 is 4.57 Å². The molecule has 0 atom stereocenters. The minimum absolute atomic E-state index is 0.129. The van der Waals surface area contributed by atoms with Gasteiger partial charge in [-0.05, 0) is 23.4 Å². The van der Waals surface area contributed by atoms with Gasteiger partial charge in [0.2, 0.25) is 0 Å². The van der Waals surface area contributed by atoms with Crippen LogP contribution in [0.1, 0.15) is 30.1 Å². The summed E-state index contributed by atoms with van der Waals surface area (Å²) in [5, 5.41) is 0. The van der Waals surface area contributed by atoms with E-state index in [1.54, 1.807) is 0 Å². The van der Waals surface area contributed by atoms with Crippen molar-refractivity contribution in [1.82, 2.24) is 14.5 Å². The lowest BCUT2D eigenvalue weighted by molar-refractivity contribution is -0.144. The van der Waals surface area contributed by atoms with Crippen molar-refractivity contribution in [1.29, 1.82) is 0 Å². The molecule has 1 aliphatic rings. The third-order valence-electron chi connectivity index (χ3n) is 3.29. The van der Waals surface area contributed by atoms with Crippen molar-refractivity contribution in [3.8, 4) is 11.5 Å². The number of imidazole rings is 1. The molecule has 0 saturated heterocycles. The average molecular weight is 319 g/mol. The first kappa shape index (κ1) is 14.9. The zero-order chi connectivity index (χ0) is 15.9. The molecule has 4 nitrogen and oxygen atoms in total. The van der Waals surface area contributed by atoms with Gasteiger partial charge >= 0.3 is 6.18 Å². The third kappa shape index (κ3) is 2.80. The van der Waals surface area contributed by atoms with Crippen LogP contribution in [-0.4, -0.2) is 14.5 Å². The summed E-state index contributed by atoms with van der Waals surface area (Å²) in [5.74, 6) is -1.06. The summed E-state index contributed by atoms with van der Waals surface area (Å²) in [7, 11) is 0. The normalized spacial score (nSPS) is 15.3. The number of halogens is 5. The standard InChI is InChI=1S/C13H10F5N3O/c14-9-3-7(6-22-18)4-19-11(9)12-20-10(13(15,16)17)5-21(12)8-1-2-8/h3-5,8H,1-2,6H2. The van der Waals surface area contributed by atoms with Gasteiger partial charge in [-0.2, -0.15) is 18.1 Å². The molecular formula is C13H10F5N3O. The van der Waals surface area contributed by atoms with Crippen LogP contribution in [0.4, 0.5) is 22.1 Å². The highest BCUT2D eigenvalue weighted by molar-refractivity contribution is 5.52. The van der Waals surface area contributed by atoms with Crippen LogP contribution in [0.5, 0.6) is 0 Å². The zero-order valence-corrected chi connectivity index (χ0v) is 11.1. The number of aromatic nitrogens is 3. The van der Waals surface area contributed by atoms with Crippen LogP contribution in [0.2, 0.25) is 0 Å². The van der Waals surface area contributed by atoms with E-state index in [9.17, 15) is 22.1 Å². The highest BCUT2D eigenvalue weighted by Crippen LogP contribution is 2.40. The predicted molar refractivity (Wildman–Crippen MR) is 64.6 cm³/mol. The number of hydrogen-bond donors (Lipinski definition) is 0. The average Bonchev–Trinajstić information content (AvgIpc) is 3.17. The van der Waals surface area contributed by atoms with E-state index in [0.29, 0.717) is 12.8 Å². The van der Waals surface area contributed by atoms with Crippen molar-refractivity contribution in [2.24, 2.45) is 0 Å². The molecule has 0 bridgehead atoms. The van der Waals surface area contributed by atoms with Crippen LogP contribution in [0.25, 0.3) is 11.5 Å². The summed E-state index contributed by atoms with van der Waals surface area (Å²) in [6, 6.07) is 0.829. The van der Waals surface area contributed by atoms with E-state index in [-0.39, 0.29) is 23.1 Å². The molecule has 0 radical (unpaired) electrons. The molecule has 3 rings (SSSR count). The summed E-state index contributed by atoms with van der Waals surface area (Å²) in [6.45, 7) is -0.491. The molecule has 0 N–H and O–H groups in total. The van der Waals surface area contributed by atoms with Gasteiger partial charge in [0.25, 0.3) is 0 Å². The Hall–Kier alpha value is -2.03. The van der Waals surface area contributed by atoms with E-state index >= 15 is 0 Å². The minimum atomic E-state index is -4.62. The highest BCUT2D eigenvalue weighted by Gasteiger charge is 2.38. The van der Waals surface area contributed by atoms with Crippen LogP contribution < -0.4 is 0 Å². The third-order valence-corrected chi connectivity index (χ3v) is 3.29. The maximum Gasteiger partial charge on any atom is 0.434 e. The monoisotopic (exact) mass is 319 g/mol. The first-order valence-corrected chi connectivity index (χ1v) is 6.44. The SMILES string of the molecule is FOCc1cnc(-c2nc(C(F)(F)F)cn2C2CC2)c(F)c1. The van der Waals surface area contributed by atoms with Crippen LogP contribution >= 0.6 is 0 Å². The van der Waals surface area contributed by atoms with Crippen molar-refractivity contribution in [2.75, 3.05) is 0 Å². The molecule has 2 heterocycles. The fourth-order valence-corrected chi connectivity index (χ4v) is 2.12. The Balaban J connectivity index is 2.05. The van der Waals surface area contributed by atoms with Crippen LogP contribution in [-0.2, 0) is 17.7 Å². The van der Waals surface area contributed by atoms with Gasteiger partial charge in [0.15, 0.2) is 17.3 Å². The number of nitrogens with zero attached hydrogens (tertiary/aromatic N) is 3. The highest BCUT2D eigenvalue weighted by atomic mass is 19.4. The van der Waals surface area contributed by atoms with E-state index in [1.807, 2.05) is 0 Å². The second kappa shape index (κ2) is 5.31. The molecule has 2 aromatic heterocycles. The number of rotatable bonds is 4. The maximum atomic E-state index is 14.1. The Bertz CT molecular complexity index is 693. The van der Waals surface area contributed by atoms with Gasteiger partial charge in [-0.15, -0.1) is 0 Å². The van der Waals surface area contributed by atoms with Gasteiger partial charge in [-0.3, -0.25) is 0 Å². The Morgan fingerprint density at radius 2 is 2.05 bits per heavy atom. The zero-order valence-electron chi connectivity index (χ0n) is 11.1. The van der Waals surface area contributed by atoms with Gasteiger partial charge in [0.1, 0.15) is 12.3 Å². The Morgan fingerprint density at radius 1 is 1.32 bits per heavy atom. The number of pyridine rings is 1. The fraction of sp³-hybridized carbons (Fsp3) is 0.385. The first-order valence-electron chi connectivity index (χ1n) is 6.44. The van der Waals surface area contributed by atoms with E-state index in [1.165, 1.54) is 4.57 Å². The van der Waals surface area contributed by atoms with Crippen molar-refractivity contribution < 1.29 is 27.0 Å². The maximum absolute atomic E-state index is 14.1. The van der Waals surface area contributed by atoms with Gasteiger partial charge in [0.05, 0.1) is 0 Å². The van der Waals surface area contributed by atoms with Gasteiger partial charge in [-0.25, -0.2) is 14.4 Å². The molecule has 22 heavy (non-hydrogen) atoms. The second-order valence-corrected chi connectivity index (χ2v) is 5.01. The molecular weight excluding hydrogens is 309 g/mol. The molecule has 118 valence electrons. The quantitative estimate of drug-likeness (QED) is 0.804. The van der Waals surface area contributed by atoms with E-state index in [0.717, 1.165) is 18.5 Å². The molecule has 0 aromatic carbocycles. The Labute approximate surface area is 121 Å². The van der Waals surface area contributed by atoms with Gasteiger partial charge in [0, 0.05) is 24.0 Å². The number of alkyl halides is 3. The lowest BCUT2D eigenvalue weighted by Gasteiger charge is -2.07. The minimum Gasteiger partial charge on any atom is -0.326 e. The van der Waals surface area contributed by atoms with E-state index in [4.69, 9.17) is 0 Å².